The Morgan fingerprint density at radius 2 is 1.13 bits per heavy atom. The van der Waals surface area contributed by atoms with Gasteiger partial charge in [-0.15, -0.1) is 0 Å². The van der Waals surface area contributed by atoms with E-state index in [1.807, 2.05) is 0 Å². The Morgan fingerprint density at radius 3 is 1.98 bits per heavy atom. The summed E-state index contributed by atoms with van der Waals surface area (Å²) in [6.07, 6.45) is 0. The Bertz CT molecular complexity index is 2730. The molecule has 216 valence electrons. The molecule has 1 aliphatic rings. The third-order valence-corrected chi connectivity index (χ3v) is 10.2. The van der Waals surface area contributed by atoms with Crippen LogP contribution in [-0.4, -0.2) is 14.5 Å². The molecule has 0 aliphatic heterocycles. The highest BCUT2D eigenvalue weighted by molar-refractivity contribution is 6.14. The van der Waals surface area contributed by atoms with Crippen LogP contribution < -0.4 is 0 Å². The first-order valence-electron chi connectivity index (χ1n) is 15.9. The molecule has 1 aliphatic carbocycles. The zero-order valence-electron chi connectivity index (χ0n) is 25.6. The summed E-state index contributed by atoms with van der Waals surface area (Å²) in [4.78, 5) is 10.8. The minimum atomic E-state index is -0.135. The fourth-order valence-electron chi connectivity index (χ4n) is 7.99. The third-order valence-electron chi connectivity index (χ3n) is 10.2. The second-order valence-electron chi connectivity index (χ2n) is 13.0. The molecular weight excluding hydrogens is 558 g/mol. The lowest BCUT2D eigenvalue weighted by Crippen LogP contribution is -2.15. The second kappa shape index (κ2) is 9.12. The molecule has 0 radical (unpaired) electrons. The van der Waals surface area contributed by atoms with Gasteiger partial charge in [0.1, 0.15) is 0 Å². The maximum Gasteiger partial charge on any atom is 0.235 e. The van der Waals surface area contributed by atoms with Crippen LogP contribution in [0.2, 0.25) is 0 Å². The summed E-state index contributed by atoms with van der Waals surface area (Å²) in [6.45, 7) is 4.70. The van der Waals surface area contributed by atoms with Crippen molar-refractivity contribution in [1.29, 1.82) is 0 Å². The van der Waals surface area contributed by atoms with E-state index in [4.69, 9.17) is 9.97 Å². The number of rotatable bonds is 2. The van der Waals surface area contributed by atoms with Gasteiger partial charge in [0, 0.05) is 27.1 Å². The Balaban J connectivity index is 1.33. The zero-order valence-corrected chi connectivity index (χ0v) is 25.6. The number of para-hydroxylation sites is 2. The van der Waals surface area contributed by atoms with Gasteiger partial charge in [-0.25, -0.2) is 9.97 Å². The van der Waals surface area contributed by atoms with Gasteiger partial charge in [0.05, 0.1) is 22.2 Å². The standard InChI is InChI=1S/C43H29N3/c1-43(2)35-20-10-7-18-31(35)40-30-17-6-5-15-28(30)34(25-36(40)43)41-32-19-8-11-21-37(32)44-42(45-41)46-38-22-12-9-16-29(38)33-23-26-13-3-4-14-27(26)24-39(33)46/h3-25H,1-2H3. The minimum Gasteiger partial charge on any atom is -0.278 e. The van der Waals surface area contributed by atoms with Gasteiger partial charge in [-0.1, -0.05) is 123 Å². The molecule has 9 aromatic rings. The van der Waals surface area contributed by atoms with Gasteiger partial charge in [0.15, 0.2) is 0 Å². The van der Waals surface area contributed by atoms with Crippen LogP contribution in [-0.2, 0) is 5.41 Å². The van der Waals surface area contributed by atoms with Crippen molar-refractivity contribution in [2.45, 2.75) is 19.3 Å². The van der Waals surface area contributed by atoms with Crippen molar-refractivity contribution >= 4 is 54.3 Å². The molecule has 2 aromatic heterocycles. The lowest BCUT2D eigenvalue weighted by atomic mass is 9.80. The molecule has 0 bridgehead atoms. The first-order valence-corrected chi connectivity index (χ1v) is 15.9. The van der Waals surface area contributed by atoms with Crippen LogP contribution in [0.3, 0.4) is 0 Å². The van der Waals surface area contributed by atoms with Crippen molar-refractivity contribution in [2.24, 2.45) is 0 Å². The first-order chi connectivity index (χ1) is 22.6. The van der Waals surface area contributed by atoms with Crippen molar-refractivity contribution in [2.75, 3.05) is 0 Å². The summed E-state index contributed by atoms with van der Waals surface area (Å²) in [5, 5.41) is 8.35. The van der Waals surface area contributed by atoms with E-state index in [-0.39, 0.29) is 5.41 Å². The highest BCUT2D eigenvalue weighted by Crippen LogP contribution is 2.53. The monoisotopic (exact) mass is 587 g/mol. The van der Waals surface area contributed by atoms with Crippen molar-refractivity contribution < 1.29 is 0 Å². The molecule has 2 heterocycles. The molecule has 0 fully saturated rings. The van der Waals surface area contributed by atoms with Crippen molar-refractivity contribution in [1.82, 2.24) is 14.5 Å². The normalized spacial score (nSPS) is 13.6. The van der Waals surface area contributed by atoms with Crippen LogP contribution in [0, 0.1) is 0 Å². The highest BCUT2D eigenvalue weighted by Gasteiger charge is 2.37. The number of benzene rings is 7. The predicted octanol–water partition coefficient (Wildman–Crippen LogP) is 11.0. The quantitative estimate of drug-likeness (QED) is 0.201. The van der Waals surface area contributed by atoms with E-state index in [9.17, 15) is 0 Å². The molecular formula is C43H29N3. The van der Waals surface area contributed by atoms with Gasteiger partial charge in [-0.05, 0) is 74.1 Å². The van der Waals surface area contributed by atoms with Crippen LogP contribution in [0.1, 0.15) is 25.0 Å². The van der Waals surface area contributed by atoms with E-state index in [0.717, 1.165) is 33.2 Å². The van der Waals surface area contributed by atoms with Crippen LogP contribution in [0.25, 0.3) is 82.6 Å². The predicted molar refractivity (Wildman–Crippen MR) is 192 cm³/mol. The Labute approximate surface area is 266 Å². The Hall–Kier alpha value is -5.80. The molecule has 0 unspecified atom stereocenters. The van der Waals surface area contributed by atoms with Gasteiger partial charge < -0.3 is 0 Å². The lowest BCUT2D eigenvalue weighted by molar-refractivity contribution is 0.661. The first kappa shape index (κ1) is 25.5. The largest absolute Gasteiger partial charge is 0.278 e. The van der Waals surface area contributed by atoms with E-state index in [1.165, 1.54) is 54.6 Å². The van der Waals surface area contributed by atoms with Gasteiger partial charge >= 0.3 is 0 Å². The summed E-state index contributed by atoms with van der Waals surface area (Å²) in [7, 11) is 0. The van der Waals surface area contributed by atoms with Crippen molar-refractivity contribution in [3.63, 3.8) is 0 Å². The van der Waals surface area contributed by atoms with Gasteiger partial charge in [0.25, 0.3) is 0 Å². The van der Waals surface area contributed by atoms with Crippen molar-refractivity contribution in [3.8, 4) is 28.3 Å². The van der Waals surface area contributed by atoms with Gasteiger partial charge in [-0.3, -0.25) is 4.57 Å². The van der Waals surface area contributed by atoms with Crippen LogP contribution >= 0.6 is 0 Å². The number of fused-ring (bicyclic) bond motifs is 10. The van der Waals surface area contributed by atoms with E-state index in [1.54, 1.807) is 0 Å². The Kier molecular flexibility index (Phi) is 5.06. The number of hydrogen-bond acceptors (Lipinski definition) is 2. The third kappa shape index (κ3) is 3.37. The molecule has 0 atom stereocenters. The lowest BCUT2D eigenvalue weighted by Gasteiger charge is -2.23. The summed E-state index contributed by atoms with van der Waals surface area (Å²) >= 11 is 0. The SMILES string of the molecule is CC1(C)c2ccccc2-c2c1cc(-c1nc(-n3c4ccccc4c4cc5ccccc5cc43)nc3ccccc13)c1ccccc21. The maximum atomic E-state index is 5.52. The second-order valence-corrected chi connectivity index (χ2v) is 13.0. The number of nitrogens with zero attached hydrogens (tertiary/aromatic N) is 3. The summed E-state index contributed by atoms with van der Waals surface area (Å²) in [5.74, 6) is 0.683. The summed E-state index contributed by atoms with van der Waals surface area (Å²) < 4.78 is 2.25. The molecule has 7 aromatic carbocycles. The van der Waals surface area contributed by atoms with Gasteiger partial charge in [0.2, 0.25) is 5.95 Å². The smallest absolute Gasteiger partial charge is 0.235 e. The molecule has 0 saturated heterocycles. The molecule has 0 N–H and O–H groups in total. The topological polar surface area (TPSA) is 30.7 Å². The average molecular weight is 588 g/mol. The fraction of sp³-hybridized carbons (Fsp3) is 0.0698. The molecule has 0 amide bonds. The molecule has 0 saturated carbocycles. The molecule has 3 nitrogen and oxygen atoms in total. The fourth-order valence-corrected chi connectivity index (χ4v) is 7.99. The van der Waals surface area contributed by atoms with E-state index >= 15 is 0 Å². The number of aromatic nitrogens is 3. The van der Waals surface area contributed by atoms with Gasteiger partial charge in [-0.2, -0.15) is 0 Å². The highest BCUT2D eigenvalue weighted by atomic mass is 15.2. The number of hydrogen-bond donors (Lipinski definition) is 0. The Morgan fingerprint density at radius 1 is 0.478 bits per heavy atom. The van der Waals surface area contributed by atoms with Crippen LogP contribution in [0.5, 0.6) is 0 Å². The average Bonchev–Trinajstić information content (AvgIpc) is 3.54. The van der Waals surface area contributed by atoms with Crippen LogP contribution in [0.4, 0.5) is 0 Å². The maximum absolute atomic E-state index is 5.52. The van der Waals surface area contributed by atoms with E-state index in [2.05, 4.69) is 158 Å². The minimum absolute atomic E-state index is 0.135. The zero-order chi connectivity index (χ0) is 30.6. The summed E-state index contributed by atoms with van der Waals surface area (Å²) in [5.41, 5.74) is 10.5. The molecule has 3 heteroatoms. The molecule has 46 heavy (non-hydrogen) atoms. The van der Waals surface area contributed by atoms with Crippen molar-refractivity contribution in [3.05, 3.63) is 151 Å². The van der Waals surface area contributed by atoms with E-state index < -0.39 is 0 Å². The molecule has 10 rings (SSSR count). The van der Waals surface area contributed by atoms with E-state index in [0.29, 0.717) is 5.95 Å². The molecule has 0 spiro atoms. The van der Waals surface area contributed by atoms with Crippen LogP contribution in [0.15, 0.2) is 140 Å². The summed E-state index contributed by atoms with van der Waals surface area (Å²) in [6, 6.07) is 50.3.